The minimum Gasteiger partial charge on any atom is -0.377 e. The summed E-state index contributed by atoms with van der Waals surface area (Å²) < 4.78 is 0. The van der Waals surface area contributed by atoms with Crippen LogP contribution in [0.25, 0.3) is 0 Å². The number of hydrogen-bond donors (Lipinski definition) is 0. The van der Waals surface area contributed by atoms with E-state index in [9.17, 15) is 4.79 Å². The second kappa shape index (κ2) is 7.16. The van der Waals surface area contributed by atoms with Crippen LogP contribution in [0.5, 0.6) is 0 Å². The van der Waals surface area contributed by atoms with Gasteiger partial charge in [0, 0.05) is 36.2 Å². The zero-order valence-electron chi connectivity index (χ0n) is 12.8. The first-order chi connectivity index (χ1) is 9.61. The highest BCUT2D eigenvalue weighted by Gasteiger charge is 2.18. The van der Waals surface area contributed by atoms with E-state index in [0.29, 0.717) is 6.42 Å². The molecule has 0 atom stereocenters. The Morgan fingerprint density at radius 3 is 2.55 bits per heavy atom. The number of Topliss-reactive ketones (excluding diaryl/α,β-unsaturated/α-hetero) is 1. The molecule has 0 amide bonds. The molecule has 0 radical (unpaired) electrons. The minimum atomic E-state index is 0.224. The lowest BCUT2D eigenvalue weighted by Gasteiger charge is -2.24. The molecule has 0 spiro atoms. The molecular formula is C17H25NOS. The third kappa shape index (κ3) is 3.78. The van der Waals surface area contributed by atoms with Gasteiger partial charge < -0.3 is 4.90 Å². The monoisotopic (exact) mass is 291 g/mol. The normalized spacial score (nSPS) is 16.1. The van der Waals surface area contributed by atoms with Gasteiger partial charge in [0.25, 0.3) is 0 Å². The first-order valence-corrected chi connectivity index (χ1v) is 8.51. The van der Waals surface area contributed by atoms with Crippen LogP contribution < -0.4 is 4.90 Å². The summed E-state index contributed by atoms with van der Waals surface area (Å²) in [4.78, 5) is 15.3. The lowest BCUT2D eigenvalue weighted by Crippen LogP contribution is -2.13. The van der Waals surface area contributed by atoms with Crippen molar-refractivity contribution in [1.29, 1.82) is 0 Å². The Morgan fingerprint density at radius 1 is 1.25 bits per heavy atom. The molecule has 0 aliphatic heterocycles. The number of rotatable bonds is 5. The van der Waals surface area contributed by atoms with Gasteiger partial charge in [0.15, 0.2) is 5.78 Å². The first kappa shape index (κ1) is 15.4. The number of ketones is 1. The van der Waals surface area contributed by atoms with E-state index in [-0.39, 0.29) is 5.78 Å². The molecule has 0 aromatic heterocycles. The average molecular weight is 291 g/mol. The van der Waals surface area contributed by atoms with Gasteiger partial charge >= 0.3 is 0 Å². The topological polar surface area (TPSA) is 20.3 Å². The molecule has 1 aliphatic carbocycles. The standard InChI is InChI=1S/C17H25NOS/c1-4-16(19)13-10-11-17(15(12-13)18(2)3)20-14-8-6-5-7-9-14/h10-12,14H,4-9H2,1-3H3. The van der Waals surface area contributed by atoms with Crippen LogP contribution >= 0.6 is 11.8 Å². The van der Waals surface area contributed by atoms with Crippen molar-refractivity contribution in [2.45, 2.75) is 55.6 Å². The molecule has 1 aliphatic rings. The van der Waals surface area contributed by atoms with Crippen LogP contribution in [-0.4, -0.2) is 25.1 Å². The fourth-order valence-corrected chi connectivity index (χ4v) is 4.14. The Morgan fingerprint density at radius 2 is 1.95 bits per heavy atom. The van der Waals surface area contributed by atoms with E-state index < -0.39 is 0 Å². The third-order valence-corrected chi connectivity index (χ3v) is 5.33. The maximum Gasteiger partial charge on any atom is 0.162 e. The SMILES string of the molecule is CCC(=O)c1ccc(SC2CCCCC2)c(N(C)C)c1. The summed E-state index contributed by atoms with van der Waals surface area (Å²) in [6.07, 6.45) is 7.34. The number of nitrogens with zero attached hydrogens (tertiary/aromatic N) is 1. The van der Waals surface area contributed by atoms with Crippen molar-refractivity contribution in [3.05, 3.63) is 23.8 Å². The smallest absolute Gasteiger partial charge is 0.162 e. The summed E-state index contributed by atoms with van der Waals surface area (Å²) >= 11 is 1.99. The number of benzene rings is 1. The van der Waals surface area contributed by atoms with E-state index in [1.165, 1.54) is 42.7 Å². The number of hydrogen-bond acceptors (Lipinski definition) is 3. The molecule has 0 saturated heterocycles. The molecular weight excluding hydrogens is 266 g/mol. The molecule has 20 heavy (non-hydrogen) atoms. The second-order valence-electron chi connectivity index (χ2n) is 5.73. The molecule has 1 aromatic rings. The van der Waals surface area contributed by atoms with Crippen LogP contribution in [-0.2, 0) is 0 Å². The lowest BCUT2D eigenvalue weighted by atomic mass is 10.0. The fourth-order valence-electron chi connectivity index (χ4n) is 2.71. The van der Waals surface area contributed by atoms with Crippen LogP contribution in [0, 0.1) is 0 Å². The Hall–Kier alpha value is -0.960. The van der Waals surface area contributed by atoms with Gasteiger partial charge in [0.2, 0.25) is 0 Å². The van der Waals surface area contributed by atoms with Gasteiger partial charge in [-0.3, -0.25) is 4.79 Å². The maximum atomic E-state index is 11.9. The van der Waals surface area contributed by atoms with Crippen LogP contribution in [0.15, 0.2) is 23.1 Å². The van der Waals surface area contributed by atoms with Crippen molar-refractivity contribution in [3.8, 4) is 0 Å². The molecule has 0 heterocycles. The first-order valence-electron chi connectivity index (χ1n) is 7.63. The molecule has 2 rings (SSSR count). The van der Waals surface area contributed by atoms with E-state index in [4.69, 9.17) is 0 Å². The molecule has 0 N–H and O–H groups in total. The summed E-state index contributed by atoms with van der Waals surface area (Å²) in [7, 11) is 4.11. The van der Waals surface area contributed by atoms with E-state index in [1.54, 1.807) is 0 Å². The summed E-state index contributed by atoms with van der Waals surface area (Å²) in [6.45, 7) is 1.92. The fraction of sp³-hybridized carbons (Fsp3) is 0.588. The van der Waals surface area contributed by atoms with E-state index in [0.717, 1.165) is 10.8 Å². The summed E-state index contributed by atoms with van der Waals surface area (Å²) in [6, 6.07) is 6.18. The third-order valence-electron chi connectivity index (χ3n) is 3.93. The predicted octanol–water partition coefficient (Wildman–Crippen LogP) is 4.77. The summed E-state index contributed by atoms with van der Waals surface area (Å²) in [5.41, 5.74) is 2.02. The zero-order valence-corrected chi connectivity index (χ0v) is 13.6. The number of thioether (sulfide) groups is 1. The highest BCUT2D eigenvalue weighted by atomic mass is 32.2. The van der Waals surface area contributed by atoms with Crippen LogP contribution in [0.1, 0.15) is 55.8 Å². The van der Waals surface area contributed by atoms with Crippen LogP contribution in [0.4, 0.5) is 5.69 Å². The van der Waals surface area contributed by atoms with Gasteiger partial charge in [0.05, 0.1) is 5.69 Å². The van der Waals surface area contributed by atoms with Crippen molar-refractivity contribution in [2.24, 2.45) is 0 Å². The van der Waals surface area contributed by atoms with E-state index in [1.807, 2.05) is 24.8 Å². The minimum absolute atomic E-state index is 0.224. The number of anilines is 1. The zero-order chi connectivity index (χ0) is 14.5. The van der Waals surface area contributed by atoms with Crippen molar-refractivity contribution in [3.63, 3.8) is 0 Å². The van der Waals surface area contributed by atoms with Gasteiger partial charge in [-0.1, -0.05) is 32.3 Å². The quantitative estimate of drug-likeness (QED) is 0.729. The summed E-state index contributed by atoms with van der Waals surface area (Å²) in [5.74, 6) is 0.224. The van der Waals surface area contributed by atoms with E-state index in [2.05, 4.69) is 31.1 Å². The van der Waals surface area contributed by atoms with Gasteiger partial charge in [-0.15, -0.1) is 11.8 Å². The molecule has 110 valence electrons. The van der Waals surface area contributed by atoms with Gasteiger partial charge in [-0.2, -0.15) is 0 Å². The summed E-state index contributed by atoms with van der Waals surface area (Å²) in [5, 5.41) is 0.746. The Labute approximate surface area is 126 Å². The maximum absolute atomic E-state index is 11.9. The largest absolute Gasteiger partial charge is 0.377 e. The number of carbonyl (C=O) groups is 1. The molecule has 1 fully saturated rings. The predicted molar refractivity (Wildman–Crippen MR) is 88.1 cm³/mol. The van der Waals surface area contributed by atoms with E-state index >= 15 is 0 Å². The number of carbonyl (C=O) groups excluding carboxylic acids is 1. The van der Waals surface area contributed by atoms with Crippen molar-refractivity contribution < 1.29 is 4.79 Å². The Kier molecular flexibility index (Phi) is 5.53. The highest BCUT2D eigenvalue weighted by molar-refractivity contribution is 8.00. The van der Waals surface area contributed by atoms with Crippen molar-refractivity contribution >= 4 is 23.2 Å². The molecule has 3 heteroatoms. The van der Waals surface area contributed by atoms with Gasteiger partial charge in [-0.05, 0) is 25.0 Å². The van der Waals surface area contributed by atoms with Crippen molar-refractivity contribution in [1.82, 2.24) is 0 Å². The highest BCUT2D eigenvalue weighted by Crippen LogP contribution is 2.38. The molecule has 1 aromatic carbocycles. The van der Waals surface area contributed by atoms with Crippen LogP contribution in [0.2, 0.25) is 0 Å². The average Bonchev–Trinajstić information content (AvgIpc) is 2.47. The molecule has 0 unspecified atom stereocenters. The molecule has 1 saturated carbocycles. The Bertz CT molecular complexity index is 464. The second-order valence-corrected chi connectivity index (χ2v) is 7.07. The van der Waals surface area contributed by atoms with Gasteiger partial charge in [0.1, 0.15) is 0 Å². The lowest BCUT2D eigenvalue weighted by molar-refractivity contribution is 0.0988. The molecule has 2 nitrogen and oxygen atoms in total. The van der Waals surface area contributed by atoms with Crippen molar-refractivity contribution in [2.75, 3.05) is 19.0 Å². The van der Waals surface area contributed by atoms with Crippen LogP contribution in [0.3, 0.4) is 0 Å². The molecule has 0 bridgehead atoms. The van der Waals surface area contributed by atoms with Gasteiger partial charge in [-0.25, -0.2) is 0 Å². The Balaban J connectivity index is 2.20.